The van der Waals surface area contributed by atoms with Gasteiger partial charge in [-0.1, -0.05) is 18.2 Å². The van der Waals surface area contributed by atoms with Crippen molar-refractivity contribution in [1.82, 2.24) is 14.5 Å². The quantitative estimate of drug-likeness (QED) is 0.414. The molecular formula is C26H23N5O4. The van der Waals surface area contributed by atoms with Gasteiger partial charge in [-0.2, -0.15) is 0 Å². The van der Waals surface area contributed by atoms with Gasteiger partial charge in [-0.25, -0.2) is 9.78 Å². The van der Waals surface area contributed by atoms with E-state index in [0.29, 0.717) is 23.7 Å². The maximum absolute atomic E-state index is 13.5. The van der Waals surface area contributed by atoms with Crippen LogP contribution >= 0.6 is 0 Å². The highest BCUT2D eigenvalue weighted by atomic mass is 16.5. The molecule has 9 heteroatoms. The molecule has 1 aliphatic rings. The largest absolute Gasteiger partial charge is 0.462 e. The Hall–Kier alpha value is -4.53. The van der Waals surface area contributed by atoms with Crippen molar-refractivity contribution >= 4 is 40.5 Å². The zero-order valence-corrected chi connectivity index (χ0v) is 19.0. The number of nitrogens with one attached hydrogen (secondary N) is 1. The van der Waals surface area contributed by atoms with Crippen LogP contribution in [0.3, 0.4) is 0 Å². The number of pyridine rings is 1. The van der Waals surface area contributed by atoms with Crippen molar-refractivity contribution in [3.63, 3.8) is 0 Å². The lowest BCUT2D eigenvalue weighted by Crippen LogP contribution is -2.31. The summed E-state index contributed by atoms with van der Waals surface area (Å²) < 4.78 is 6.81. The summed E-state index contributed by atoms with van der Waals surface area (Å²) in [5.41, 5.74) is 3.34. The fourth-order valence-electron chi connectivity index (χ4n) is 4.21. The Morgan fingerprint density at radius 2 is 1.86 bits per heavy atom. The van der Waals surface area contributed by atoms with Crippen LogP contribution in [0.15, 0.2) is 73.1 Å². The number of esters is 1. The molecule has 0 bridgehead atoms. The van der Waals surface area contributed by atoms with Crippen molar-refractivity contribution in [1.29, 1.82) is 0 Å². The average Bonchev–Trinajstić information content (AvgIpc) is 3.36. The number of fused-ring (bicyclic) bond motifs is 3. The Morgan fingerprint density at radius 3 is 2.60 bits per heavy atom. The van der Waals surface area contributed by atoms with Gasteiger partial charge in [0.25, 0.3) is 5.91 Å². The van der Waals surface area contributed by atoms with E-state index < -0.39 is 12.0 Å². The van der Waals surface area contributed by atoms with Gasteiger partial charge in [0.1, 0.15) is 6.04 Å². The van der Waals surface area contributed by atoms with E-state index in [2.05, 4.69) is 15.3 Å². The molecule has 0 saturated carbocycles. The van der Waals surface area contributed by atoms with E-state index in [1.807, 2.05) is 41.0 Å². The normalized spacial score (nSPS) is 14.7. The molecule has 0 radical (unpaired) electrons. The second-order valence-electron chi connectivity index (χ2n) is 8.12. The fraction of sp³-hybridized carbons (Fsp3) is 0.192. The van der Waals surface area contributed by atoms with Crippen LogP contribution in [0.25, 0.3) is 11.0 Å². The van der Waals surface area contributed by atoms with Gasteiger partial charge in [0.05, 0.1) is 36.2 Å². The summed E-state index contributed by atoms with van der Waals surface area (Å²) in [4.78, 5) is 48.7. The van der Waals surface area contributed by atoms with Gasteiger partial charge in [-0.3, -0.25) is 24.0 Å². The summed E-state index contributed by atoms with van der Waals surface area (Å²) in [7, 11) is 0. The molecular weight excluding hydrogens is 446 g/mol. The van der Waals surface area contributed by atoms with Crippen molar-refractivity contribution in [3.8, 4) is 0 Å². The van der Waals surface area contributed by atoms with Gasteiger partial charge in [0, 0.05) is 18.1 Å². The number of carbonyl (C=O) groups is 3. The number of rotatable bonds is 7. The number of aromatic nitrogens is 3. The number of amides is 2. The smallest absolute Gasteiger partial charge is 0.338 e. The first-order chi connectivity index (χ1) is 17.0. The molecule has 2 amide bonds. The van der Waals surface area contributed by atoms with Gasteiger partial charge in [-0.05, 0) is 55.0 Å². The maximum atomic E-state index is 13.5. The molecule has 0 saturated heterocycles. The number of anilines is 2. The predicted molar refractivity (Wildman–Crippen MR) is 130 cm³/mol. The van der Waals surface area contributed by atoms with Gasteiger partial charge >= 0.3 is 5.97 Å². The lowest BCUT2D eigenvalue weighted by atomic mass is 10.1. The number of imidazole rings is 1. The number of benzene rings is 2. The molecule has 35 heavy (non-hydrogen) atoms. The molecule has 1 atom stereocenters. The summed E-state index contributed by atoms with van der Waals surface area (Å²) in [6.07, 6.45) is 3.33. The molecule has 2 aromatic heterocycles. The van der Waals surface area contributed by atoms with Crippen LogP contribution < -0.4 is 10.2 Å². The van der Waals surface area contributed by atoms with E-state index in [-0.39, 0.29) is 24.8 Å². The second kappa shape index (κ2) is 9.38. The maximum Gasteiger partial charge on any atom is 0.338 e. The number of hydrogen-bond acceptors (Lipinski definition) is 6. The van der Waals surface area contributed by atoms with Gasteiger partial charge in [0.2, 0.25) is 11.9 Å². The minimum Gasteiger partial charge on any atom is -0.462 e. The number of para-hydroxylation sites is 2. The average molecular weight is 470 g/mol. The van der Waals surface area contributed by atoms with Gasteiger partial charge < -0.3 is 10.1 Å². The van der Waals surface area contributed by atoms with Crippen LogP contribution in [0.5, 0.6) is 0 Å². The number of hydrogen-bond donors (Lipinski definition) is 1. The van der Waals surface area contributed by atoms with Crippen LogP contribution in [0.2, 0.25) is 0 Å². The van der Waals surface area contributed by atoms with Crippen molar-refractivity contribution in [3.05, 3.63) is 84.2 Å². The summed E-state index contributed by atoms with van der Waals surface area (Å²) in [5, 5.41) is 2.82. The molecule has 0 fully saturated rings. The highest BCUT2D eigenvalue weighted by Crippen LogP contribution is 2.37. The third kappa shape index (κ3) is 4.35. The molecule has 1 N–H and O–H groups in total. The highest BCUT2D eigenvalue weighted by Gasteiger charge is 2.40. The van der Waals surface area contributed by atoms with Crippen molar-refractivity contribution in [2.45, 2.75) is 25.9 Å². The van der Waals surface area contributed by atoms with E-state index in [1.54, 1.807) is 48.5 Å². The molecule has 176 valence electrons. The van der Waals surface area contributed by atoms with E-state index in [1.165, 1.54) is 0 Å². The lowest BCUT2D eigenvalue weighted by molar-refractivity contribution is -0.124. The summed E-state index contributed by atoms with van der Waals surface area (Å²) in [5.74, 6) is -0.430. The van der Waals surface area contributed by atoms with Crippen LogP contribution in [0.1, 0.15) is 35.3 Å². The standard InChI is InChI=1S/C26H23N5O4/c1-2-35-25(34)18-9-11-19(12-10-18)28-23(32)14-22-24(33)30(16-17-6-5-13-27-15-17)26-29-20-7-3-4-8-21(20)31(22)26/h3-13,15,22H,2,14,16H2,1H3,(H,28,32)/t22-/m1/s1. The topological polar surface area (TPSA) is 106 Å². The number of ether oxygens (including phenoxy) is 1. The molecule has 1 aliphatic heterocycles. The second-order valence-corrected chi connectivity index (χ2v) is 8.12. The predicted octanol–water partition coefficient (Wildman–Crippen LogP) is 3.72. The Labute approximate surface area is 201 Å². The van der Waals surface area contributed by atoms with Crippen molar-refractivity contribution < 1.29 is 19.1 Å². The monoisotopic (exact) mass is 469 g/mol. The van der Waals surface area contributed by atoms with Gasteiger partial charge in [0.15, 0.2) is 0 Å². The van der Waals surface area contributed by atoms with Crippen molar-refractivity contribution in [2.24, 2.45) is 0 Å². The van der Waals surface area contributed by atoms with E-state index >= 15 is 0 Å². The summed E-state index contributed by atoms with van der Waals surface area (Å²) >= 11 is 0. The van der Waals surface area contributed by atoms with Crippen LogP contribution in [0.4, 0.5) is 11.6 Å². The van der Waals surface area contributed by atoms with E-state index in [4.69, 9.17) is 4.74 Å². The van der Waals surface area contributed by atoms with Crippen molar-refractivity contribution in [2.75, 3.05) is 16.8 Å². The molecule has 9 nitrogen and oxygen atoms in total. The highest BCUT2D eigenvalue weighted by molar-refractivity contribution is 6.05. The molecule has 0 aliphatic carbocycles. The molecule has 2 aromatic carbocycles. The Bertz CT molecular complexity index is 1400. The third-order valence-corrected chi connectivity index (χ3v) is 5.80. The van der Waals surface area contributed by atoms with E-state index in [0.717, 1.165) is 16.6 Å². The zero-order valence-electron chi connectivity index (χ0n) is 19.0. The molecule has 4 aromatic rings. The Kier molecular flexibility index (Phi) is 5.97. The number of nitrogens with zero attached hydrogens (tertiary/aromatic N) is 4. The van der Waals surface area contributed by atoms with E-state index in [9.17, 15) is 14.4 Å². The van der Waals surface area contributed by atoms with Crippen LogP contribution in [0, 0.1) is 0 Å². The lowest BCUT2D eigenvalue weighted by Gasteiger charge is -2.16. The first-order valence-corrected chi connectivity index (χ1v) is 11.3. The van der Waals surface area contributed by atoms with Crippen LogP contribution in [-0.4, -0.2) is 38.9 Å². The van der Waals surface area contributed by atoms with Crippen LogP contribution in [-0.2, 0) is 20.9 Å². The molecule has 0 unspecified atom stereocenters. The minimum absolute atomic E-state index is 0.0602. The minimum atomic E-state index is -0.729. The first-order valence-electron chi connectivity index (χ1n) is 11.3. The first kappa shape index (κ1) is 22.3. The molecule has 5 rings (SSSR count). The third-order valence-electron chi connectivity index (χ3n) is 5.80. The zero-order chi connectivity index (χ0) is 24.4. The van der Waals surface area contributed by atoms with Gasteiger partial charge in [-0.15, -0.1) is 0 Å². The SMILES string of the molecule is CCOC(=O)c1ccc(NC(=O)C[C@@H]2C(=O)N(Cc3cccnc3)c3nc4ccccc4n32)cc1. The fourth-order valence-corrected chi connectivity index (χ4v) is 4.21. The summed E-state index contributed by atoms with van der Waals surface area (Å²) in [6, 6.07) is 17.0. The summed E-state index contributed by atoms with van der Waals surface area (Å²) in [6.45, 7) is 2.34. The Morgan fingerprint density at radius 1 is 1.06 bits per heavy atom. The number of carbonyl (C=O) groups excluding carboxylic acids is 3. The molecule has 3 heterocycles. The Balaban J connectivity index is 1.38. The molecule has 0 spiro atoms.